The van der Waals surface area contributed by atoms with E-state index in [4.69, 9.17) is 10.00 Å². The van der Waals surface area contributed by atoms with Crippen LogP contribution in [0.15, 0.2) is 55.1 Å². The van der Waals surface area contributed by atoms with Crippen molar-refractivity contribution in [1.29, 1.82) is 5.26 Å². The van der Waals surface area contributed by atoms with Crippen LogP contribution in [-0.2, 0) is 6.54 Å². The van der Waals surface area contributed by atoms with Gasteiger partial charge in [-0.1, -0.05) is 32.0 Å². The van der Waals surface area contributed by atoms with E-state index < -0.39 is 0 Å². The van der Waals surface area contributed by atoms with Crippen LogP contribution in [0.5, 0.6) is 5.75 Å². The molecular weight excluding hydrogens is 312 g/mol. The molecule has 0 fully saturated rings. The van der Waals surface area contributed by atoms with Gasteiger partial charge in [-0.15, -0.1) is 0 Å². The topological polar surface area (TPSA) is 63.7 Å². The van der Waals surface area contributed by atoms with Gasteiger partial charge in [0.15, 0.2) is 0 Å². The number of para-hydroxylation sites is 1. The lowest BCUT2D eigenvalue weighted by Crippen LogP contribution is -2.07. The molecule has 0 unspecified atom stereocenters. The largest absolute Gasteiger partial charge is 0.493 e. The summed E-state index contributed by atoms with van der Waals surface area (Å²) in [5, 5.41) is 9.01. The Morgan fingerprint density at radius 3 is 2.80 bits per heavy atom. The molecule has 0 aliphatic carbocycles. The minimum Gasteiger partial charge on any atom is -0.493 e. The summed E-state index contributed by atoms with van der Waals surface area (Å²) in [5.74, 6) is 1.38. The summed E-state index contributed by atoms with van der Waals surface area (Å²) >= 11 is 0. The van der Waals surface area contributed by atoms with Crippen LogP contribution in [0.2, 0.25) is 0 Å². The molecule has 0 bridgehead atoms. The minimum absolute atomic E-state index is 0.478. The molecule has 2 aromatic heterocycles. The fourth-order valence-electron chi connectivity index (χ4n) is 2.45. The Morgan fingerprint density at radius 2 is 2.00 bits per heavy atom. The van der Waals surface area contributed by atoms with Gasteiger partial charge in [0.05, 0.1) is 36.8 Å². The molecule has 126 valence electrons. The predicted molar refractivity (Wildman–Crippen MR) is 96.1 cm³/mol. The number of hydrogen-bond donors (Lipinski definition) is 0. The van der Waals surface area contributed by atoms with Crippen LogP contribution in [-0.4, -0.2) is 21.1 Å². The van der Waals surface area contributed by atoms with Gasteiger partial charge in [-0.25, -0.2) is 4.98 Å². The van der Waals surface area contributed by atoms with Gasteiger partial charge >= 0.3 is 0 Å². The van der Waals surface area contributed by atoms with Gasteiger partial charge in [-0.05, 0) is 24.1 Å². The maximum absolute atomic E-state index is 9.01. The lowest BCUT2D eigenvalue weighted by Gasteiger charge is -2.13. The van der Waals surface area contributed by atoms with Gasteiger partial charge in [0.2, 0.25) is 0 Å². The summed E-state index contributed by atoms with van der Waals surface area (Å²) in [6, 6.07) is 13.6. The van der Waals surface area contributed by atoms with Crippen molar-refractivity contribution in [2.24, 2.45) is 5.92 Å². The average Bonchev–Trinajstić information content (AvgIpc) is 3.09. The zero-order chi connectivity index (χ0) is 17.6. The van der Waals surface area contributed by atoms with E-state index in [2.05, 4.69) is 36.0 Å². The Balaban J connectivity index is 1.79. The van der Waals surface area contributed by atoms with Crippen molar-refractivity contribution in [3.05, 3.63) is 66.2 Å². The molecule has 3 rings (SSSR count). The Bertz CT molecular complexity index is 892. The Labute approximate surface area is 147 Å². The fraction of sp³-hybridized carbons (Fsp3) is 0.250. The Morgan fingerprint density at radius 1 is 1.16 bits per heavy atom. The summed E-state index contributed by atoms with van der Waals surface area (Å²) in [6.07, 6.45) is 5.33. The van der Waals surface area contributed by atoms with E-state index in [1.165, 1.54) is 0 Å². The van der Waals surface area contributed by atoms with Gasteiger partial charge in [0, 0.05) is 18.0 Å². The molecule has 0 saturated carbocycles. The molecule has 1 aromatic carbocycles. The zero-order valence-electron chi connectivity index (χ0n) is 14.4. The first-order valence-electron chi connectivity index (χ1n) is 8.24. The summed E-state index contributed by atoms with van der Waals surface area (Å²) < 4.78 is 7.90. The second kappa shape index (κ2) is 7.63. The molecule has 0 atom stereocenters. The maximum Gasteiger partial charge on any atom is 0.124 e. The van der Waals surface area contributed by atoms with E-state index in [-0.39, 0.29) is 0 Å². The third-order valence-corrected chi connectivity index (χ3v) is 3.68. The second-order valence-corrected chi connectivity index (χ2v) is 6.29. The molecule has 0 aliphatic rings. The molecule has 0 spiro atoms. The van der Waals surface area contributed by atoms with E-state index in [9.17, 15) is 0 Å². The Hall–Kier alpha value is -3.13. The summed E-state index contributed by atoms with van der Waals surface area (Å²) in [5.41, 5.74) is 3.12. The SMILES string of the molecule is CC(C)COc1ccccc1Cn1cnc(-c2cc(C#N)ccn2)c1. The quantitative estimate of drug-likeness (QED) is 0.687. The van der Waals surface area contributed by atoms with Crippen molar-refractivity contribution in [3.8, 4) is 23.2 Å². The summed E-state index contributed by atoms with van der Waals surface area (Å²) in [6.45, 7) is 5.62. The van der Waals surface area contributed by atoms with Crippen LogP contribution in [0.4, 0.5) is 0 Å². The van der Waals surface area contributed by atoms with Crippen LogP contribution in [0.25, 0.3) is 11.4 Å². The molecule has 3 aromatic rings. The van der Waals surface area contributed by atoms with Crippen molar-refractivity contribution < 1.29 is 4.74 Å². The standard InChI is InChI=1S/C20H20N4O/c1-15(2)13-25-20-6-4-3-5-17(20)11-24-12-19(23-14-24)18-9-16(10-21)7-8-22-18/h3-9,12,14-15H,11,13H2,1-2H3. The van der Waals surface area contributed by atoms with E-state index in [0.717, 1.165) is 17.0 Å². The zero-order valence-corrected chi connectivity index (χ0v) is 14.4. The first kappa shape index (κ1) is 16.7. The fourth-order valence-corrected chi connectivity index (χ4v) is 2.45. The lowest BCUT2D eigenvalue weighted by molar-refractivity contribution is 0.268. The molecular formula is C20H20N4O. The first-order valence-corrected chi connectivity index (χ1v) is 8.24. The van der Waals surface area contributed by atoms with Crippen LogP contribution in [0.1, 0.15) is 25.0 Å². The molecule has 0 aliphatic heterocycles. The van der Waals surface area contributed by atoms with Gasteiger partial charge in [0.1, 0.15) is 11.4 Å². The molecule has 5 nitrogen and oxygen atoms in total. The third-order valence-electron chi connectivity index (χ3n) is 3.68. The van der Waals surface area contributed by atoms with Gasteiger partial charge < -0.3 is 9.30 Å². The van der Waals surface area contributed by atoms with E-state index in [0.29, 0.717) is 30.3 Å². The molecule has 25 heavy (non-hydrogen) atoms. The van der Waals surface area contributed by atoms with Gasteiger partial charge in [0.25, 0.3) is 0 Å². The van der Waals surface area contributed by atoms with Gasteiger partial charge in [-0.2, -0.15) is 5.26 Å². The highest BCUT2D eigenvalue weighted by Crippen LogP contribution is 2.21. The first-order chi connectivity index (χ1) is 12.2. The highest BCUT2D eigenvalue weighted by molar-refractivity contribution is 5.55. The number of pyridine rings is 1. The van der Waals surface area contributed by atoms with Gasteiger partial charge in [-0.3, -0.25) is 4.98 Å². The molecule has 0 N–H and O–H groups in total. The van der Waals surface area contributed by atoms with E-state index in [1.54, 1.807) is 24.7 Å². The van der Waals surface area contributed by atoms with Crippen LogP contribution < -0.4 is 4.74 Å². The number of ether oxygens (including phenoxy) is 1. The number of imidazole rings is 1. The summed E-state index contributed by atoms with van der Waals surface area (Å²) in [4.78, 5) is 8.70. The number of aromatic nitrogens is 3. The van der Waals surface area contributed by atoms with Crippen molar-refractivity contribution in [1.82, 2.24) is 14.5 Å². The number of rotatable bonds is 6. The molecule has 2 heterocycles. The normalized spacial score (nSPS) is 10.6. The highest BCUT2D eigenvalue weighted by atomic mass is 16.5. The lowest BCUT2D eigenvalue weighted by atomic mass is 10.2. The van der Waals surface area contributed by atoms with Crippen LogP contribution >= 0.6 is 0 Å². The summed E-state index contributed by atoms with van der Waals surface area (Å²) in [7, 11) is 0. The van der Waals surface area contributed by atoms with Crippen LogP contribution in [0.3, 0.4) is 0 Å². The molecule has 0 saturated heterocycles. The highest BCUT2D eigenvalue weighted by Gasteiger charge is 2.08. The number of nitriles is 1. The molecule has 0 radical (unpaired) electrons. The van der Waals surface area contributed by atoms with Crippen molar-refractivity contribution in [3.63, 3.8) is 0 Å². The van der Waals surface area contributed by atoms with Crippen molar-refractivity contribution >= 4 is 0 Å². The van der Waals surface area contributed by atoms with Crippen molar-refractivity contribution in [2.45, 2.75) is 20.4 Å². The monoisotopic (exact) mass is 332 g/mol. The second-order valence-electron chi connectivity index (χ2n) is 6.29. The predicted octanol–water partition coefficient (Wildman–Crippen LogP) is 3.90. The smallest absolute Gasteiger partial charge is 0.124 e. The Kier molecular flexibility index (Phi) is 5.10. The molecule has 5 heteroatoms. The van der Waals surface area contributed by atoms with Crippen molar-refractivity contribution in [2.75, 3.05) is 6.61 Å². The number of benzene rings is 1. The van der Waals surface area contributed by atoms with Crippen LogP contribution in [0, 0.1) is 17.2 Å². The molecule has 0 amide bonds. The van der Waals surface area contributed by atoms with E-state index in [1.807, 2.05) is 29.0 Å². The number of nitrogens with zero attached hydrogens (tertiary/aromatic N) is 4. The maximum atomic E-state index is 9.01. The minimum atomic E-state index is 0.478. The third kappa shape index (κ3) is 4.24. The average molecular weight is 332 g/mol. The number of hydrogen-bond acceptors (Lipinski definition) is 4. The van der Waals surface area contributed by atoms with E-state index >= 15 is 0 Å².